The Kier molecular flexibility index (Phi) is 4.18. The molecule has 1 aliphatic rings. The maximum absolute atomic E-state index is 12.8. The molecular weight excluding hydrogens is 340 g/mol. The van der Waals surface area contributed by atoms with Gasteiger partial charge in [0.05, 0.1) is 18.5 Å². The van der Waals surface area contributed by atoms with Crippen molar-refractivity contribution in [3.63, 3.8) is 0 Å². The molecule has 1 aromatic heterocycles. The SMILES string of the molecule is NC(=O)Cc1csc(NC(=O)c2ccc(OC3CC3(F)F)cc2)n1. The van der Waals surface area contributed by atoms with E-state index in [0.717, 1.165) is 0 Å². The topological polar surface area (TPSA) is 94.3 Å². The molecule has 9 heteroatoms. The number of nitrogens with one attached hydrogen (secondary N) is 1. The molecule has 0 radical (unpaired) electrons. The van der Waals surface area contributed by atoms with Crippen LogP contribution in [0.2, 0.25) is 0 Å². The van der Waals surface area contributed by atoms with Crippen molar-refractivity contribution in [2.75, 3.05) is 5.32 Å². The van der Waals surface area contributed by atoms with Crippen LogP contribution in [0.1, 0.15) is 22.5 Å². The number of nitrogens with zero attached hydrogens (tertiary/aromatic N) is 1. The molecule has 2 amide bonds. The summed E-state index contributed by atoms with van der Waals surface area (Å²) < 4.78 is 30.7. The fraction of sp³-hybridized carbons (Fsp3) is 0.267. The van der Waals surface area contributed by atoms with Crippen LogP contribution in [0.15, 0.2) is 29.6 Å². The van der Waals surface area contributed by atoms with Gasteiger partial charge in [0, 0.05) is 10.9 Å². The number of carbonyl (C=O) groups excluding carboxylic acids is 2. The molecule has 3 rings (SSSR count). The predicted molar refractivity (Wildman–Crippen MR) is 83.4 cm³/mol. The summed E-state index contributed by atoms with van der Waals surface area (Å²) in [4.78, 5) is 27.0. The second kappa shape index (κ2) is 6.16. The molecular formula is C15H13F2N3O3S. The molecule has 1 unspecified atom stereocenters. The number of hydrogen-bond acceptors (Lipinski definition) is 5. The number of amides is 2. The zero-order valence-corrected chi connectivity index (χ0v) is 13.1. The van der Waals surface area contributed by atoms with Crippen molar-refractivity contribution in [3.8, 4) is 5.75 Å². The second-order valence-electron chi connectivity index (χ2n) is 5.34. The molecule has 0 saturated heterocycles. The molecule has 6 nitrogen and oxygen atoms in total. The summed E-state index contributed by atoms with van der Waals surface area (Å²) in [5.74, 6) is -3.39. The van der Waals surface area contributed by atoms with Crippen LogP contribution in [-0.4, -0.2) is 28.8 Å². The van der Waals surface area contributed by atoms with Gasteiger partial charge in [0.2, 0.25) is 5.91 Å². The van der Waals surface area contributed by atoms with Gasteiger partial charge in [0.15, 0.2) is 11.2 Å². The minimum atomic E-state index is -2.76. The van der Waals surface area contributed by atoms with Gasteiger partial charge in [-0.1, -0.05) is 0 Å². The molecule has 1 heterocycles. The van der Waals surface area contributed by atoms with Gasteiger partial charge in [-0.3, -0.25) is 14.9 Å². The summed E-state index contributed by atoms with van der Waals surface area (Å²) in [6.07, 6.45) is -1.37. The number of benzene rings is 1. The van der Waals surface area contributed by atoms with E-state index < -0.39 is 23.8 Å². The molecule has 0 bridgehead atoms. The quantitative estimate of drug-likeness (QED) is 0.832. The van der Waals surface area contributed by atoms with Gasteiger partial charge in [-0.2, -0.15) is 0 Å². The largest absolute Gasteiger partial charge is 0.484 e. The van der Waals surface area contributed by atoms with E-state index >= 15 is 0 Å². The average molecular weight is 353 g/mol. The number of thiazole rings is 1. The van der Waals surface area contributed by atoms with Gasteiger partial charge in [0.1, 0.15) is 5.75 Å². The normalized spacial score (nSPS) is 18.0. The molecule has 1 saturated carbocycles. The van der Waals surface area contributed by atoms with Crippen LogP contribution in [0.3, 0.4) is 0 Å². The van der Waals surface area contributed by atoms with Crippen LogP contribution >= 0.6 is 11.3 Å². The maximum atomic E-state index is 12.8. The van der Waals surface area contributed by atoms with Gasteiger partial charge >= 0.3 is 0 Å². The van der Waals surface area contributed by atoms with Crippen molar-refractivity contribution in [2.24, 2.45) is 5.73 Å². The highest BCUT2D eigenvalue weighted by Gasteiger charge is 2.59. The number of primary amides is 1. The van der Waals surface area contributed by atoms with Gasteiger partial charge in [-0.25, -0.2) is 13.8 Å². The number of halogens is 2. The number of nitrogens with two attached hydrogens (primary N) is 1. The van der Waals surface area contributed by atoms with E-state index in [1.165, 1.54) is 35.6 Å². The lowest BCUT2D eigenvalue weighted by Gasteiger charge is -2.06. The Hall–Kier alpha value is -2.55. The summed E-state index contributed by atoms with van der Waals surface area (Å²) >= 11 is 1.18. The monoisotopic (exact) mass is 353 g/mol. The zero-order valence-electron chi connectivity index (χ0n) is 12.3. The van der Waals surface area contributed by atoms with Crippen molar-refractivity contribution in [1.82, 2.24) is 4.98 Å². The number of ether oxygens (including phenoxy) is 1. The van der Waals surface area contributed by atoms with Crippen LogP contribution in [-0.2, 0) is 11.2 Å². The van der Waals surface area contributed by atoms with Gasteiger partial charge in [-0.05, 0) is 24.3 Å². The first-order valence-corrected chi connectivity index (χ1v) is 7.90. The lowest BCUT2D eigenvalue weighted by molar-refractivity contribution is -0.117. The van der Waals surface area contributed by atoms with Crippen molar-refractivity contribution in [3.05, 3.63) is 40.9 Å². The third-order valence-corrected chi connectivity index (χ3v) is 4.10. The van der Waals surface area contributed by atoms with Crippen molar-refractivity contribution >= 4 is 28.3 Å². The predicted octanol–water partition coefficient (Wildman–Crippen LogP) is 2.21. The first-order chi connectivity index (χ1) is 11.3. The third kappa shape index (κ3) is 3.85. The van der Waals surface area contributed by atoms with Crippen LogP contribution in [0.25, 0.3) is 0 Å². The molecule has 3 N–H and O–H groups in total. The number of hydrogen-bond donors (Lipinski definition) is 2. The Morgan fingerprint density at radius 3 is 2.62 bits per heavy atom. The summed E-state index contributed by atoms with van der Waals surface area (Å²) in [7, 11) is 0. The Bertz CT molecular complexity index is 777. The standard InChI is InChI=1S/C15H13F2N3O3S/c16-15(17)6-11(15)23-10-3-1-8(2-4-10)13(22)20-14-19-9(7-24-14)5-12(18)21/h1-4,7,11H,5-6H2,(H2,18,21)(H,19,20,22). The highest BCUT2D eigenvalue weighted by molar-refractivity contribution is 7.14. The smallest absolute Gasteiger partial charge is 0.288 e. The van der Waals surface area contributed by atoms with E-state index in [2.05, 4.69) is 10.3 Å². The summed E-state index contributed by atoms with van der Waals surface area (Å²) in [5, 5.41) is 4.57. The van der Waals surface area contributed by atoms with Gasteiger partial charge < -0.3 is 10.5 Å². The van der Waals surface area contributed by atoms with E-state index in [4.69, 9.17) is 10.5 Å². The van der Waals surface area contributed by atoms with Gasteiger partial charge in [-0.15, -0.1) is 11.3 Å². The van der Waals surface area contributed by atoms with Crippen LogP contribution in [0.5, 0.6) is 5.75 Å². The highest BCUT2D eigenvalue weighted by Crippen LogP contribution is 2.44. The van der Waals surface area contributed by atoms with Crippen LogP contribution in [0, 0.1) is 0 Å². The molecule has 0 spiro atoms. The summed E-state index contributed by atoms with van der Waals surface area (Å²) in [6.45, 7) is 0. The fourth-order valence-corrected chi connectivity index (χ4v) is 2.66. The Labute approximate surface area is 139 Å². The van der Waals surface area contributed by atoms with Gasteiger partial charge in [0.25, 0.3) is 11.8 Å². The number of anilines is 1. The first kappa shape index (κ1) is 16.3. The molecule has 0 aliphatic heterocycles. The zero-order chi connectivity index (χ0) is 17.3. The fourth-order valence-electron chi connectivity index (χ4n) is 1.96. The molecule has 1 aromatic carbocycles. The number of aromatic nitrogens is 1. The summed E-state index contributed by atoms with van der Waals surface area (Å²) in [6, 6.07) is 5.87. The molecule has 24 heavy (non-hydrogen) atoms. The second-order valence-corrected chi connectivity index (χ2v) is 6.20. The van der Waals surface area contributed by atoms with E-state index in [1.807, 2.05) is 0 Å². The lowest BCUT2D eigenvalue weighted by atomic mass is 10.2. The van der Waals surface area contributed by atoms with Crippen molar-refractivity contribution in [2.45, 2.75) is 24.9 Å². The lowest BCUT2D eigenvalue weighted by Crippen LogP contribution is -2.14. The molecule has 126 valence electrons. The van der Waals surface area contributed by atoms with Crippen molar-refractivity contribution in [1.29, 1.82) is 0 Å². The van der Waals surface area contributed by atoms with Crippen molar-refractivity contribution < 1.29 is 23.1 Å². The Morgan fingerprint density at radius 1 is 1.38 bits per heavy atom. The average Bonchev–Trinajstić information content (AvgIpc) is 2.90. The van der Waals surface area contributed by atoms with E-state index in [9.17, 15) is 18.4 Å². The highest BCUT2D eigenvalue weighted by atomic mass is 32.1. The molecule has 1 aliphatic carbocycles. The Morgan fingerprint density at radius 2 is 2.04 bits per heavy atom. The molecule has 1 atom stereocenters. The van der Waals surface area contributed by atoms with E-state index in [-0.39, 0.29) is 18.6 Å². The number of alkyl halides is 2. The van der Waals surface area contributed by atoms with Crippen LogP contribution in [0.4, 0.5) is 13.9 Å². The Balaban J connectivity index is 1.58. The molecule has 2 aromatic rings. The minimum absolute atomic E-state index is 0.00417. The first-order valence-electron chi connectivity index (χ1n) is 7.02. The summed E-state index contributed by atoms with van der Waals surface area (Å²) in [5.41, 5.74) is 5.89. The third-order valence-electron chi connectivity index (χ3n) is 3.29. The van der Waals surface area contributed by atoms with Crippen LogP contribution < -0.4 is 15.8 Å². The minimum Gasteiger partial charge on any atom is -0.484 e. The van der Waals surface area contributed by atoms with E-state index in [1.54, 1.807) is 5.38 Å². The maximum Gasteiger partial charge on any atom is 0.288 e. The number of carbonyl (C=O) groups is 2. The van der Waals surface area contributed by atoms with E-state index in [0.29, 0.717) is 16.4 Å². The molecule has 1 fully saturated rings. The number of rotatable bonds is 6.